The van der Waals surface area contributed by atoms with E-state index in [2.05, 4.69) is 25.8 Å². The summed E-state index contributed by atoms with van der Waals surface area (Å²) in [6.07, 6.45) is 10.5. The molecular weight excluding hydrogens is 232 g/mol. The van der Waals surface area contributed by atoms with Gasteiger partial charge in [0.2, 0.25) is 0 Å². The molecule has 0 aromatic carbocycles. The Hall–Kier alpha value is -0.0800. The Morgan fingerprint density at radius 1 is 1.00 bits per heavy atom. The van der Waals surface area contributed by atoms with E-state index in [0.29, 0.717) is 16.2 Å². The molecule has 19 heavy (non-hydrogen) atoms. The van der Waals surface area contributed by atoms with E-state index in [9.17, 15) is 0 Å². The van der Waals surface area contributed by atoms with E-state index in [4.69, 9.17) is 5.73 Å². The van der Waals surface area contributed by atoms with Gasteiger partial charge in [-0.3, -0.25) is 0 Å². The minimum absolute atomic E-state index is 0.667. The summed E-state index contributed by atoms with van der Waals surface area (Å²) in [5.41, 5.74) is 7.67. The highest BCUT2D eigenvalue weighted by molar-refractivity contribution is 5.10. The largest absolute Gasteiger partial charge is 0.329 e. The Bertz CT molecular complexity index is 333. The van der Waals surface area contributed by atoms with Crippen molar-refractivity contribution in [2.45, 2.75) is 58.8 Å². The predicted molar refractivity (Wildman–Crippen MR) is 81.0 cm³/mol. The van der Waals surface area contributed by atoms with Crippen molar-refractivity contribution in [2.24, 2.45) is 27.9 Å². The van der Waals surface area contributed by atoms with Crippen LogP contribution in [-0.4, -0.2) is 31.6 Å². The minimum Gasteiger partial charge on any atom is -0.329 e. The fourth-order valence-electron chi connectivity index (χ4n) is 6.72. The Kier molecular flexibility index (Phi) is 3.26. The molecule has 2 heteroatoms. The number of nitrogens with two attached hydrogens (primary N) is 1. The molecule has 4 aliphatic carbocycles. The van der Waals surface area contributed by atoms with Crippen LogP contribution in [0.15, 0.2) is 0 Å². The molecule has 110 valence electrons. The maximum atomic E-state index is 5.67. The van der Waals surface area contributed by atoms with Crippen LogP contribution in [0.25, 0.3) is 0 Å². The third kappa shape index (κ3) is 2.58. The fraction of sp³-hybridized carbons (Fsp3) is 1.00. The van der Waals surface area contributed by atoms with Crippen LogP contribution < -0.4 is 5.73 Å². The highest BCUT2D eigenvalue weighted by atomic mass is 15.1. The summed E-state index contributed by atoms with van der Waals surface area (Å²) in [5.74, 6) is 1.03. The van der Waals surface area contributed by atoms with Crippen LogP contribution in [0.1, 0.15) is 58.8 Å². The maximum absolute atomic E-state index is 5.67. The topological polar surface area (TPSA) is 29.3 Å². The van der Waals surface area contributed by atoms with Gasteiger partial charge in [-0.25, -0.2) is 0 Å². The predicted octanol–water partition coefficient (Wildman–Crippen LogP) is 3.26. The van der Waals surface area contributed by atoms with E-state index >= 15 is 0 Å². The van der Waals surface area contributed by atoms with Gasteiger partial charge in [-0.05, 0) is 80.7 Å². The highest BCUT2D eigenvalue weighted by Crippen LogP contribution is 2.70. The van der Waals surface area contributed by atoms with Gasteiger partial charge in [0.1, 0.15) is 0 Å². The van der Waals surface area contributed by atoms with E-state index in [1.54, 1.807) is 0 Å². The first-order chi connectivity index (χ1) is 8.86. The zero-order chi connectivity index (χ0) is 13.7. The first-order valence-corrected chi connectivity index (χ1v) is 8.25. The molecule has 4 rings (SSSR count). The maximum Gasteiger partial charge on any atom is 0.0102 e. The minimum atomic E-state index is 0.667. The fourth-order valence-corrected chi connectivity index (χ4v) is 6.72. The van der Waals surface area contributed by atoms with Crippen LogP contribution in [0, 0.1) is 22.2 Å². The van der Waals surface area contributed by atoms with Crippen LogP contribution in [0.5, 0.6) is 0 Å². The van der Waals surface area contributed by atoms with Gasteiger partial charge in [0.25, 0.3) is 0 Å². The van der Waals surface area contributed by atoms with Crippen LogP contribution in [-0.2, 0) is 0 Å². The molecule has 0 aliphatic heterocycles. The van der Waals surface area contributed by atoms with Crippen molar-refractivity contribution in [2.75, 3.05) is 26.7 Å². The molecule has 4 saturated carbocycles. The summed E-state index contributed by atoms with van der Waals surface area (Å²) in [5, 5.41) is 0. The normalized spacial score (nSPS) is 48.2. The summed E-state index contributed by atoms with van der Waals surface area (Å²) >= 11 is 0. The highest BCUT2D eigenvalue weighted by Gasteiger charge is 2.59. The van der Waals surface area contributed by atoms with Crippen molar-refractivity contribution < 1.29 is 0 Å². The molecular formula is C17H32N2. The first-order valence-electron chi connectivity index (χ1n) is 8.25. The quantitative estimate of drug-likeness (QED) is 0.826. The second-order valence-corrected chi connectivity index (χ2v) is 8.97. The molecule has 0 amide bonds. The van der Waals surface area contributed by atoms with E-state index in [-0.39, 0.29) is 0 Å². The third-order valence-corrected chi connectivity index (χ3v) is 6.28. The molecule has 0 radical (unpaired) electrons. The van der Waals surface area contributed by atoms with Gasteiger partial charge in [0.15, 0.2) is 0 Å². The molecule has 2 N–H and O–H groups in total. The Balaban J connectivity index is 1.70. The molecule has 4 fully saturated rings. The lowest BCUT2D eigenvalue weighted by molar-refractivity contribution is -0.148. The lowest BCUT2D eigenvalue weighted by Gasteiger charge is -2.65. The van der Waals surface area contributed by atoms with Gasteiger partial charge >= 0.3 is 0 Å². The van der Waals surface area contributed by atoms with Crippen LogP contribution in [0.2, 0.25) is 0 Å². The molecule has 0 aromatic heterocycles. The Labute approximate surface area is 119 Å². The third-order valence-electron chi connectivity index (χ3n) is 6.28. The van der Waals surface area contributed by atoms with Crippen molar-refractivity contribution >= 4 is 0 Å². The van der Waals surface area contributed by atoms with Crippen molar-refractivity contribution in [3.05, 3.63) is 0 Å². The number of nitrogens with zero attached hydrogens (tertiary/aromatic N) is 1. The van der Waals surface area contributed by atoms with Crippen molar-refractivity contribution in [1.82, 2.24) is 4.90 Å². The molecule has 0 aromatic rings. The Morgan fingerprint density at radius 2 is 1.63 bits per heavy atom. The molecule has 0 saturated heterocycles. The van der Waals surface area contributed by atoms with Gasteiger partial charge in [-0.2, -0.15) is 0 Å². The molecule has 2 nitrogen and oxygen atoms in total. The summed E-state index contributed by atoms with van der Waals surface area (Å²) in [6, 6.07) is 0. The van der Waals surface area contributed by atoms with Gasteiger partial charge in [0, 0.05) is 13.1 Å². The molecule has 2 unspecified atom stereocenters. The zero-order valence-corrected chi connectivity index (χ0v) is 13.2. The van der Waals surface area contributed by atoms with Gasteiger partial charge < -0.3 is 10.6 Å². The summed E-state index contributed by atoms with van der Waals surface area (Å²) < 4.78 is 0. The van der Waals surface area contributed by atoms with Crippen molar-refractivity contribution in [3.63, 3.8) is 0 Å². The SMILES string of the molecule is CN(CCN)CCC12CC3CC(C)(CC(C)(C3)C1)C2. The molecule has 4 bridgehead atoms. The number of hydrogen-bond acceptors (Lipinski definition) is 2. The molecule has 0 heterocycles. The van der Waals surface area contributed by atoms with Gasteiger partial charge in [-0.15, -0.1) is 0 Å². The standard InChI is InChI=1S/C17H32N2/c1-15-8-14-9-16(2,11-15)13-17(10-14,12-15)4-6-19(3)7-5-18/h14H,4-13,18H2,1-3H3. The van der Waals surface area contributed by atoms with E-state index in [0.717, 1.165) is 19.0 Å². The average Bonchev–Trinajstić information content (AvgIpc) is 2.22. The monoisotopic (exact) mass is 264 g/mol. The van der Waals surface area contributed by atoms with Crippen molar-refractivity contribution in [1.29, 1.82) is 0 Å². The number of likely N-dealkylation sites (N-methyl/N-ethyl adjacent to an activating group) is 1. The first kappa shape index (κ1) is 13.9. The Morgan fingerprint density at radius 3 is 2.16 bits per heavy atom. The zero-order valence-electron chi connectivity index (χ0n) is 13.2. The number of rotatable bonds is 5. The lowest BCUT2D eigenvalue weighted by atomic mass is 9.40. The second-order valence-electron chi connectivity index (χ2n) is 8.97. The van der Waals surface area contributed by atoms with E-state index in [1.807, 2.05) is 0 Å². The second kappa shape index (κ2) is 4.46. The molecule has 0 spiro atoms. The summed E-state index contributed by atoms with van der Waals surface area (Å²) in [4.78, 5) is 2.43. The van der Waals surface area contributed by atoms with E-state index in [1.165, 1.54) is 51.5 Å². The number of hydrogen-bond donors (Lipinski definition) is 1. The summed E-state index contributed by atoms with van der Waals surface area (Å²) in [7, 11) is 2.23. The van der Waals surface area contributed by atoms with Gasteiger partial charge in [0.05, 0.1) is 0 Å². The summed E-state index contributed by atoms with van der Waals surface area (Å²) in [6.45, 7) is 8.24. The average molecular weight is 264 g/mol. The van der Waals surface area contributed by atoms with Crippen LogP contribution in [0.3, 0.4) is 0 Å². The van der Waals surface area contributed by atoms with Crippen LogP contribution >= 0.6 is 0 Å². The van der Waals surface area contributed by atoms with Crippen molar-refractivity contribution in [3.8, 4) is 0 Å². The molecule has 2 atom stereocenters. The van der Waals surface area contributed by atoms with E-state index < -0.39 is 0 Å². The van der Waals surface area contributed by atoms with Crippen LogP contribution in [0.4, 0.5) is 0 Å². The smallest absolute Gasteiger partial charge is 0.0102 e. The molecule has 4 aliphatic rings. The lowest BCUT2D eigenvalue weighted by Crippen LogP contribution is -2.55. The van der Waals surface area contributed by atoms with Gasteiger partial charge in [-0.1, -0.05) is 13.8 Å².